The Balaban J connectivity index is 1.80. The van der Waals surface area contributed by atoms with Crippen molar-refractivity contribution in [3.8, 4) is 5.75 Å². The number of rotatable bonds is 5. The molecule has 1 aliphatic heterocycles. The zero-order chi connectivity index (χ0) is 15.8. The van der Waals surface area contributed by atoms with Crippen LogP contribution in [-0.4, -0.2) is 43.0 Å². The van der Waals surface area contributed by atoms with Crippen LogP contribution in [0.15, 0.2) is 30.3 Å². The molecule has 120 valence electrons. The fourth-order valence-electron chi connectivity index (χ4n) is 2.68. The van der Waals surface area contributed by atoms with Gasteiger partial charge in [-0.25, -0.2) is 0 Å². The number of hydrogen-bond acceptors (Lipinski definition) is 3. The lowest BCUT2D eigenvalue weighted by Crippen LogP contribution is -2.36. The van der Waals surface area contributed by atoms with E-state index < -0.39 is 0 Å². The van der Waals surface area contributed by atoms with Gasteiger partial charge in [0, 0.05) is 25.6 Å². The topological polar surface area (TPSA) is 58.6 Å². The van der Waals surface area contributed by atoms with Gasteiger partial charge in [-0.2, -0.15) is 0 Å². The summed E-state index contributed by atoms with van der Waals surface area (Å²) in [5.41, 5.74) is 0. The van der Waals surface area contributed by atoms with E-state index >= 15 is 0 Å². The van der Waals surface area contributed by atoms with E-state index in [4.69, 9.17) is 4.74 Å². The molecule has 0 aromatic heterocycles. The Hall–Kier alpha value is -2.04. The molecule has 0 saturated carbocycles. The molecule has 0 bridgehead atoms. The van der Waals surface area contributed by atoms with Crippen LogP contribution in [0.3, 0.4) is 0 Å². The van der Waals surface area contributed by atoms with Crippen LogP contribution in [0.2, 0.25) is 0 Å². The summed E-state index contributed by atoms with van der Waals surface area (Å²) in [5.74, 6) is 0.816. The third kappa shape index (κ3) is 4.76. The zero-order valence-corrected chi connectivity index (χ0v) is 13.1. The Morgan fingerprint density at radius 2 is 2.00 bits per heavy atom. The van der Waals surface area contributed by atoms with Crippen LogP contribution < -0.4 is 10.1 Å². The highest BCUT2D eigenvalue weighted by Crippen LogP contribution is 2.18. The molecule has 1 atom stereocenters. The van der Waals surface area contributed by atoms with E-state index in [1.54, 1.807) is 0 Å². The number of carbonyl (C=O) groups is 2. The highest BCUT2D eigenvalue weighted by molar-refractivity contribution is 5.79. The van der Waals surface area contributed by atoms with Gasteiger partial charge in [-0.1, -0.05) is 18.2 Å². The van der Waals surface area contributed by atoms with Gasteiger partial charge in [-0.3, -0.25) is 9.59 Å². The maximum atomic E-state index is 12.2. The van der Waals surface area contributed by atoms with Gasteiger partial charge in [0.2, 0.25) is 5.91 Å². The average molecular weight is 304 g/mol. The maximum Gasteiger partial charge on any atom is 0.260 e. The van der Waals surface area contributed by atoms with E-state index in [1.165, 1.54) is 0 Å². The average Bonchev–Trinajstić information content (AvgIpc) is 2.80. The number of nitrogens with one attached hydrogen (secondary N) is 1. The van der Waals surface area contributed by atoms with Crippen molar-refractivity contribution >= 4 is 11.8 Å². The van der Waals surface area contributed by atoms with E-state index in [0.29, 0.717) is 25.4 Å². The van der Waals surface area contributed by atoms with Gasteiger partial charge < -0.3 is 15.0 Å². The molecule has 2 rings (SSSR count). The second-order valence-corrected chi connectivity index (χ2v) is 5.50. The van der Waals surface area contributed by atoms with Crippen LogP contribution in [-0.2, 0) is 9.59 Å². The third-order valence-corrected chi connectivity index (χ3v) is 3.91. The fraction of sp³-hybridized carbons (Fsp3) is 0.529. The lowest BCUT2D eigenvalue weighted by atomic mass is 10.00. The van der Waals surface area contributed by atoms with Crippen LogP contribution in [0, 0.1) is 5.92 Å². The van der Waals surface area contributed by atoms with Gasteiger partial charge in [0.15, 0.2) is 6.61 Å². The highest BCUT2D eigenvalue weighted by Gasteiger charge is 2.24. The van der Waals surface area contributed by atoms with Crippen molar-refractivity contribution in [2.75, 3.05) is 26.2 Å². The van der Waals surface area contributed by atoms with Crippen molar-refractivity contribution in [3.63, 3.8) is 0 Å². The number of likely N-dealkylation sites (tertiary alicyclic amines) is 1. The van der Waals surface area contributed by atoms with Gasteiger partial charge in [-0.15, -0.1) is 0 Å². The molecule has 5 heteroatoms. The van der Waals surface area contributed by atoms with Crippen LogP contribution in [0.25, 0.3) is 0 Å². The summed E-state index contributed by atoms with van der Waals surface area (Å²) in [4.78, 5) is 25.9. The Kier molecular flexibility index (Phi) is 6.25. The van der Waals surface area contributed by atoms with E-state index in [0.717, 1.165) is 19.3 Å². The zero-order valence-electron chi connectivity index (χ0n) is 13.1. The van der Waals surface area contributed by atoms with Gasteiger partial charge in [0.25, 0.3) is 5.91 Å². The minimum atomic E-state index is -0.0135. The Morgan fingerprint density at radius 3 is 2.73 bits per heavy atom. The number of amides is 2. The molecule has 1 aromatic rings. The standard InChI is InChI=1S/C17H24N2O3/c1-2-18-17(21)14-7-6-11-19(12-10-14)16(20)13-22-15-8-4-3-5-9-15/h3-5,8-9,14H,2,6-7,10-13H2,1H3,(H,18,21). The van der Waals surface area contributed by atoms with E-state index in [1.807, 2.05) is 42.2 Å². The van der Waals surface area contributed by atoms with Crippen molar-refractivity contribution in [2.24, 2.45) is 5.92 Å². The summed E-state index contributed by atoms with van der Waals surface area (Å²) in [7, 11) is 0. The highest BCUT2D eigenvalue weighted by atomic mass is 16.5. The molecule has 1 N–H and O–H groups in total. The van der Waals surface area contributed by atoms with Gasteiger partial charge in [0.05, 0.1) is 0 Å². The molecule has 1 heterocycles. The van der Waals surface area contributed by atoms with Crippen molar-refractivity contribution in [2.45, 2.75) is 26.2 Å². The molecule has 1 fully saturated rings. The van der Waals surface area contributed by atoms with E-state index in [9.17, 15) is 9.59 Å². The van der Waals surface area contributed by atoms with E-state index in [2.05, 4.69) is 5.32 Å². The smallest absolute Gasteiger partial charge is 0.260 e. The predicted molar refractivity (Wildman–Crippen MR) is 84.5 cm³/mol. The number of nitrogens with zero attached hydrogens (tertiary/aromatic N) is 1. The van der Waals surface area contributed by atoms with Crippen LogP contribution >= 0.6 is 0 Å². The molecule has 0 spiro atoms. The summed E-state index contributed by atoms with van der Waals surface area (Å²) in [5, 5.41) is 2.87. The third-order valence-electron chi connectivity index (χ3n) is 3.91. The van der Waals surface area contributed by atoms with Crippen molar-refractivity contribution in [3.05, 3.63) is 30.3 Å². The Labute approximate surface area is 131 Å². The Bertz CT molecular complexity index is 490. The fourth-order valence-corrected chi connectivity index (χ4v) is 2.68. The van der Waals surface area contributed by atoms with Gasteiger partial charge >= 0.3 is 0 Å². The van der Waals surface area contributed by atoms with Crippen LogP contribution in [0.4, 0.5) is 0 Å². The van der Waals surface area contributed by atoms with Gasteiger partial charge in [0.1, 0.15) is 5.75 Å². The molecular formula is C17H24N2O3. The van der Waals surface area contributed by atoms with Crippen molar-refractivity contribution in [1.82, 2.24) is 10.2 Å². The Morgan fingerprint density at radius 1 is 1.23 bits per heavy atom. The first-order valence-corrected chi connectivity index (χ1v) is 7.94. The summed E-state index contributed by atoms with van der Waals surface area (Å²) in [6, 6.07) is 9.33. The lowest BCUT2D eigenvalue weighted by molar-refractivity contribution is -0.133. The van der Waals surface area contributed by atoms with Crippen LogP contribution in [0.1, 0.15) is 26.2 Å². The second-order valence-electron chi connectivity index (χ2n) is 5.50. The second kappa shape index (κ2) is 8.41. The lowest BCUT2D eigenvalue weighted by Gasteiger charge is -2.20. The predicted octanol–water partition coefficient (Wildman–Crippen LogP) is 1.83. The number of hydrogen-bond donors (Lipinski definition) is 1. The number of ether oxygens (including phenoxy) is 1. The van der Waals surface area contributed by atoms with Crippen molar-refractivity contribution in [1.29, 1.82) is 0 Å². The molecular weight excluding hydrogens is 280 g/mol. The summed E-state index contributed by atoms with van der Waals surface area (Å²) in [6.45, 7) is 3.95. The number of benzene rings is 1. The summed E-state index contributed by atoms with van der Waals surface area (Å²) < 4.78 is 5.50. The van der Waals surface area contributed by atoms with Crippen LogP contribution in [0.5, 0.6) is 5.75 Å². The molecule has 2 amide bonds. The molecule has 1 unspecified atom stereocenters. The monoisotopic (exact) mass is 304 g/mol. The largest absolute Gasteiger partial charge is 0.484 e. The summed E-state index contributed by atoms with van der Waals surface area (Å²) >= 11 is 0. The number of para-hydroxylation sites is 1. The maximum absolute atomic E-state index is 12.2. The van der Waals surface area contributed by atoms with E-state index in [-0.39, 0.29) is 24.3 Å². The van der Waals surface area contributed by atoms with Gasteiger partial charge in [-0.05, 0) is 38.3 Å². The first kappa shape index (κ1) is 16.3. The first-order valence-electron chi connectivity index (χ1n) is 7.94. The SMILES string of the molecule is CCNC(=O)C1CCCN(C(=O)COc2ccccc2)CC1. The molecule has 0 aliphatic carbocycles. The minimum absolute atomic E-state index is 0.0135. The molecule has 1 aliphatic rings. The van der Waals surface area contributed by atoms with Crippen molar-refractivity contribution < 1.29 is 14.3 Å². The molecule has 5 nitrogen and oxygen atoms in total. The first-order chi connectivity index (χ1) is 10.7. The molecule has 1 aromatic carbocycles. The molecule has 0 radical (unpaired) electrons. The summed E-state index contributed by atoms with van der Waals surface area (Å²) in [6.07, 6.45) is 2.43. The normalized spacial score (nSPS) is 18.4. The minimum Gasteiger partial charge on any atom is -0.484 e. The quantitative estimate of drug-likeness (QED) is 0.903. The number of carbonyl (C=O) groups excluding carboxylic acids is 2. The molecule has 22 heavy (non-hydrogen) atoms. The molecule has 1 saturated heterocycles.